The molecule has 0 unspecified atom stereocenters. The van der Waals surface area contributed by atoms with E-state index in [1.807, 2.05) is 21.0 Å². The van der Waals surface area contributed by atoms with Crippen molar-refractivity contribution in [2.45, 2.75) is 32.2 Å². The molecular weight excluding hydrogens is 606 g/mol. The molecular formula is C33H32F2N10S. The van der Waals surface area contributed by atoms with E-state index in [4.69, 9.17) is 21.4 Å². The molecule has 6 rings (SSSR count). The lowest BCUT2D eigenvalue weighted by Crippen LogP contribution is -2.67. The number of benzene rings is 2. The van der Waals surface area contributed by atoms with Gasteiger partial charge >= 0.3 is 0 Å². The van der Waals surface area contributed by atoms with Crippen molar-refractivity contribution in [1.29, 1.82) is 5.26 Å². The van der Waals surface area contributed by atoms with Crippen molar-refractivity contribution in [2.24, 2.45) is 0 Å². The van der Waals surface area contributed by atoms with Crippen LogP contribution in [0.4, 0.5) is 31.4 Å². The number of likely N-dealkylation sites (N-methyl/N-ethyl adjacent to an activating group) is 1. The predicted molar refractivity (Wildman–Crippen MR) is 180 cm³/mol. The monoisotopic (exact) mass is 638 g/mol. The van der Waals surface area contributed by atoms with Crippen molar-refractivity contribution in [3.05, 3.63) is 59.0 Å². The number of rotatable bonds is 7. The largest absolute Gasteiger partial charge is 0.389 e. The van der Waals surface area contributed by atoms with Crippen LogP contribution >= 0.6 is 11.3 Å². The second-order valence-electron chi connectivity index (χ2n) is 11.9. The third-order valence-corrected chi connectivity index (χ3v) is 9.63. The maximum atomic E-state index is 16.5. The smallest absolute Gasteiger partial charge is 0.228 e. The molecule has 234 valence electrons. The highest BCUT2D eigenvalue weighted by Gasteiger charge is 2.42. The predicted octanol–water partition coefficient (Wildman–Crippen LogP) is 5.34. The van der Waals surface area contributed by atoms with Gasteiger partial charge in [-0.3, -0.25) is 4.98 Å². The number of anilines is 4. The number of thiophene rings is 1. The average molecular weight is 639 g/mol. The topological polar surface area (TPSA) is 146 Å². The lowest BCUT2D eigenvalue weighted by molar-refractivity contribution is 0.132. The Labute approximate surface area is 269 Å². The summed E-state index contributed by atoms with van der Waals surface area (Å²) >= 11 is 0.954. The van der Waals surface area contributed by atoms with Crippen LogP contribution in [0.25, 0.3) is 32.1 Å². The van der Waals surface area contributed by atoms with Gasteiger partial charge in [0, 0.05) is 54.3 Å². The number of hydrogen-bond donors (Lipinski definition) is 3. The molecule has 13 heteroatoms. The van der Waals surface area contributed by atoms with Gasteiger partial charge < -0.3 is 26.6 Å². The van der Waals surface area contributed by atoms with Crippen molar-refractivity contribution in [1.82, 2.24) is 24.8 Å². The minimum atomic E-state index is -0.624. The fourth-order valence-electron chi connectivity index (χ4n) is 5.80. The maximum absolute atomic E-state index is 16.5. The van der Waals surface area contributed by atoms with Gasteiger partial charge in [0.1, 0.15) is 34.3 Å². The van der Waals surface area contributed by atoms with Crippen LogP contribution in [0.2, 0.25) is 0 Å². The fourth-order valence-corrected chi connectivity index (χ4v) is 6.75. The standard InChI is InChI=1S/C33H32F2N10S/c1-6-7-19-24(18-8-9-22(34)28-25(18)21(13-36)30(38)46-28)23(35)12-20-27(19)42-32(45-15-33(3,16-45)44(4)5)43-31(20)41-14-17(2)26-29(37)40-11-10-39-26/h8-12,17H,14-16,38H2,1-5H3,(H2,37,40)(H,41,42,43)/t17-/m1/s1. The van der Waals surface area contributed by atoms with E-state index in [1.54, 1.807) is 13.1 Å². The first-order valence-electron chi connectivity index (χ1n) is 14.6. The second kappa shape index (κ2) is 11.7. The van der Waals surface area contributed by atoms with E-state index in [0.717, 1.165) is 11.3 Å². The van der Waals surface area contributed by atoms with Gasteiger partial charge in [-0.15, -0.1) is 17.3 Å². The summed E-state index contributed by atoms with van der Waals surface area (Å²) in [7, 11) is 4.07. The van der Waals surface area contributed by atoms with Crippen molar-refractivity contribution < 1.29 is 8.78 Å². The summed E-state index contributed by atoms with van der Waals surface area (Å²) < 4.78 is 31.6. The Balaban J connectivity index is 1.57. The van der Waals surface area contributed by atoms with E-state index in [9.17, 15) is 9.65 Å². The van der Waals surface area contributed by atoms with Gasteiger partial charge in [0.15, 0.2) is 0 Å². The van der Waals surface area contributed by atoms with Gasteiger partial charge in [-0.1, -0.05) is 18.9 Å². The highest BCUT2D eigenvalue weighted by atomic mass is 32.1. The van der Waals surface area contributed by atoms with Gasteiger partial charge in [-0.05, 0) is 45.6 Å². The van der Waals surface area contributed by atoms with Gasteiger partial charge in [0.05, 0.1) is 32.6 Å². The summed E-state index contributed by atoms with van der Waals surface area (Å²) in [4.78, 5) is 22.6. The zero-order valence-electron chi connectivity index (χ0n) is 26.0. The molecule has 1 saturated heterocycles. The van der Waals surface area contributed by atoms with Crippen LogP contribution in [-0.2, 0) is 0 Å². The van der Waals surface area contributed by atoms with Gasteiger partial charge in [0.2, 0.25) is 5.95 Å². The van der Waals surface area contributed by atoms with Crippen LogP contribution in [0.1, 0.15) is 43.5 Å². The second-order valence-corrected chi connectivity index (χ2v) is 12.9. The van der Waals surface area contributed by atoms with E-state index in [-0.39, 0.29) is 37.7 Å². The summed E-state index contributed by atoms with van der Waals surface area (Å²) in [5, 5.41) is 14.1. The van der Waals surface area contributed by atoms with Gasteiger partial charge in [-0.2, -0.15) is 10.2 Å². The molecule has 0 bridgehead atoms. The van der Waals surface area contributed by atoms with Crippen molar-refractivity contribution >= 4 is 54.9 Å². The molecule has 0 aliphatic carbocycles. The average Bonchev–Trinajstić information content (AvgIpc) is 3.36. The van der Waals surface area contributed by atoms with E-state index < -0.39 is 11.6 Å². The van der Waals surface area contributed by atoms with Crippen molar-refractivity contribution in [2.75, 3.05) is 55.4 Å². The Morgan fingerprint density at radius 2 is 1.87 bits per heavy atom. The minimum absolute atomic E-state index is 0.0732. The van der Waals surface area contributed by atoms with E-state index >= 15 is 4.39 Å². The Morgan fingerprint density at radius 1 is 1.13 bits per heavy atom. The third-order valence-electron chi connectivity index (χ3n) is 8.60. The molecule has 4 heterocycles. The number of hydrogen-bond acceptors (Lipinski definition) is 11. The van der Waals surface area contributed by atoms with Gasteiger partial charge in [0.25, 0.3) is 0 Å². The number of nitrogens with one attached hydrogen (secondary N) is 1. The first-order valence-corrected chi connectivity index (χ1v) is 15.4. The third kappa shape index (κ3) is 5.07. The van der Waals surface area contributed by atoms with Crippen LogP contribution in [0.15, 0.2) is 30.6 Å². The molecule has 2 aromatic carbocycles. The molecule has 46 heavy (non-hydrogen) atoms. The zero-order chi connectivity index (χ0) is 32.9. The minimum Gasteiger partial charge on any atom is -0.389 e. The molecule has 0 amide bonds. The van der Waals surface area contributed by atoms with Crippen LogP contribution in [-0.4, -0.2) is 64.1 Å². The Morgan fingerprint density at radius 3 is 2.54 bits per heavy atom. The highest BCUT2D eigenvalue weighted by Crippen LogP contribution is 2.44. The molecule has 10 nitrogen and oxygen atoms in total. The van der Waals surface area contributed by atoms with Crippen molar-refractivity contribution in [3.8, 4) is 29.0 Å². The number of aromatic nitrogens is 4. The molecule has 5 N–H and O–H groups in total. The van der Waals surface area contributed by atoms with Crippen LogP contribution in [0, 0.1) is 34.8 Å². The van der Waals surface area contributed by atoms with E-state index in [2.05, 4.69) is 49.9 Å². The first-order chi connectivity index (χ1) is 22.0. The van der Waals surface area contributed by atoms with E-state index in [1.165, 1.54) is 24.4 Å². The van der Waals surface area contributed by atoms with Crippen molar-refractivity contribution in [3.63, 3.8) is 0 Å². The maximum Gasteiger partial charge on any atom is 0.228 e. The SMILES string of the molecule is CC#Cc1c(-c2ccc(F)c3sc(N)c(C#N)c23)c(F)cc2c(NC[C@@H](C)c3nccnc3N)nc(N3CC(C)(N(C)C)C3)nc12. The van der Waals surface area contributed by atoms with Crippen LogP contribution in [0.3, 0.4) is 0 Å². The highest BCUT2D eigenvalue weighted by molar-refractivity contribution is 7.23. The summed E-state index contributed by atoms with van der Waals surface area (Å²) in [5.41, 5.74) is 14.0. The van der Waals surface area contributed by atoms with Crippen LogP contribution in [0.5, 0.6) is 0 Å². The number of nitrogens with zero attached hydrogens (tertiary/aromatic N) is 7. The summed E-state index contributed by atoms with van der Waals surface area (Å²) in [6.45, 7) is 7.51. The number of fused-ring (bicyclic) bond motifs is 2. The number of nitrogen functional groups attached to an aromatic ring is 2. The normalized spacial score (nSPS) is 14.5. The zero-order valence-corrected chi connectivity index (χ0v) is 26.9. The van der Waals surface area contributed by atoms with Gasteiger partial charge in [-0.25, -0.2) is 18.7 Å². The summed E-state index contributed by atoms with van der Waals surface area (Å²) in [5.74, 6) is 5.86. The van der Waals surface area contributed by atoms with Crippen LogP contribution < -0.4 is 21.7 Å². The van der Waals surface area contributed by atoms with E-state index in [0.29, 0.717) is 64.9 Å². The number of nitrogens with two attached hydrogens (primary N) is 2. The molecule has 0 saturated carbocycles. The quantitative estimate of drug-likeness (QED) is 0.200. The molecule has 1 fully saturated rings. The molecule has 0 spiro atoms. The number of nitriles is 1. The lowest BCUT2D eigenvalue weighted by Gasteiger charge is -2.51. The lowest BCUT2D eigenvalue weighted by atomic mass is 9.91. The number of halogens is 2. The molecule has 1 atom stereocenters. The molecule has 5 aromatic rings. The molecule has 1 aliphatic heterocycles. The molecule has 3 aromatic heterocycles. The fraction of sp³-hybridized carbons (Fsp3) is 0.303. The molecule has 1 aliphatic rings. The summed E-state index contributed by atoms with van der Waals surface area (Å²) in [6, 6.07) is 6.14. The molecule has 0 radical (unpaired) electrons. The Kier molecular flexibility index (Phi) is 7.84. The summed E-state index contributed by atoms with van der Waals surface area (Å²) in [6.07, 6.45) is 3.12. The Hall–Kier alpha value is -5.11. The Bertz CT molecular complexity index is 2120. The first kappa shape index (κ1) is 30.9.